The quantitative estimate of drug-likeness (QED) is 0.344. The van der Waals surface area contributed by atoms with Crippen LogP contribution in [-0.4, -0.2) is 42.7 Å². The normalized spacial score (nSPS) is 10.5. The molecule has 11 nitrogen and oxygen atoms in total. The number of amides is 2. The number of hydrogen-bond acceptors (Lipinski definition) is 8. The van der Waals surface area contributed by atoms with E-state index in [-0.39, 0.29) is 17.0 Å². The van der Waals surface area contributed by atoms with Crippen molar-refractivity contribution in [2.45, 2.75) is 19.0 Å². The lowest BCUT2D eigenvalue weighted by molar-refractivity contribution is -0.384. The number of carbonyl (C=O) groups is 2. The number of benzene rings is 2. The maximum atomic E-state index is 12.1. The lowest BCUT2D eigenvalue weighted by Crippen LogP contribution is -2.42. The zero-order valence-electron chi connectivity index (χ0n) is 16.0. The minimum absolute atomic E-state index is 0.0519. The van der Waals surface area contributed by atoms with Crippen LogP contribution in [0, 0.1) is 24.0 Å². The second-order valence-electron chi connectivity index (χ2n) is 6.26. The maximum absolute atomic E-state index is 12.1. The molecule has 3 rings (SSSR count). The lowest BCUT2D eigenvalue weighted by atomic mass is 10.1. The lowest BCUT2D eigenvalue weighted by Gasteiger charge is -2.09. The molecule has 0 aliphatic rings. The molecule has 0 aliphatic carbocycles. The van der Waals surface area contributed by atoms with Crippen molar-refractivity contribution in [3.8, 4) is 5.69 Å². The van der Waals surface area contributed by atoms with Crippen LogP contribution in [0.4, 0.5) is 5.69 Å². The standard InChI is InChI=1S/C18H17N7O4S/c1-11-6-7-12(2)15(8-11)24-18(21-22-23-24)30-10-16(26)19-20-17(27)13-4-3-5-14(9-13)25(28)29/h3-9H,10H2,1-2H3,(H,19,26)(H,20,27). The zero-order valence-corrected chi connectivity index (χ0v) is 16.8. The van der Waals surface area contributed by atoms with Crippen LogP contribution < -0.4 is 10.9 Å². The molecule has 0 fully saturated rings. The smallest absolute Gasteiger partial charge is 0.270 e. The Kier molecular flexibility index (Phi) is 6.37. The number of hydrazine groups is 1. The van der Waals surface area contributed by atoms with Gasteiger partial charge in [-0.2, -0.15) is 4.68 Å². The molecule has 30 heavy (non-hydrogen) atoms. The summed E-state index contributed by atoms with van der Waals surface area (Å²) in [6, 6.07) is 11.1. The van der Waals surface area contributed by atoms with Gasteiger partial charge in [0.2, 0.25) is 11.1 Å². The Balaban J connectivity index is 1.58. The van der Waals surface area contributed by atoms with Crippen molar-refractivity contribution in [1.29, 1.82) is 0 Å². The van der Waals surface area contributed by atoms with Gasteiger partial charge < -0.3 is 0 Å². The van der Waals surface area contributed by atoms with Crippen molar-refractivity contribution < 1.29 is 14.5 Å². The summed E-state index contributed by atoms with van der Waals surface area (Å²) in [7, 11) is 0. The van der Waals surface area contributed by atoms with Crippen molar-refractivity contribution in [1.82, 2.24) is 31.1 Å². The molecule has 2 amide bonds. The molecule has 0 radical (unpaired) electrons. The van der Waals surface area contributed by atoms with E-state index in [1.54, 1.807) is 4.68 Å². The van der Waals surface area contributed by atoms with Crippen LogP contribution in [-0.2, 0) is 4.79 Å². The largest absolute Gasteiger partial charge is 0.272 e. The van der Waals surface area contributed by atoms with Gasteiger partial charge in [0.25, 0.3) is 11.6 Å². The first kappa shape index (κ1) is 20.9. The van der Waals surface area contributed by atoms with Gasteiger partial charge in [-0.3, -0.25) is 30.6 Å². The van der Waals surface area contributed by atoms with E-state index in [4.69, 9.17) is 0 Å². The number of thioether (sulfide) groups is 1. The minimum Gasteiger partial charge on any atom is -0.272 e. The Hall–Kier alpha value is -3.80. The summed E-state index contributed by atoms with van der Waals surface area (Å²) in [6.45, 7) is 3.89. The third kappa shape index (κ3) is 4.97. The topological polar surface area (TPSA) is 145 Å². The predicted octanol–water partition coefficient (Wildman–Crippen LogP) is 1.74. The minimum atomic E-state index is -0.669. The fourth-order valence-electron chi connectivity index (χ4n) is 2.49. The molecule has 0 bridgehead atoms. The van der Waals surface area contributed by atoms with E-state index in [2.05, 4.69) is 26.4 Å². The molecule has 0 saturated heterocycles. The number of hydrogen-bond donors (Lipinski definition) is 2. The van der Waals surface area contributed by atoms with Crippen LogP contribution in [0.3, 0.4) is 0 Å². The highest BCUT2D eigenvalue weighted by Crippen LogP contribution is 2.21. The molecule has 0 unspecified atom stereocenters. The van der Waals surface area contributed by atoms with Crippen LogP contribution in [0.1, 0.15) is 21.5 Å². The van der Waals surface area contributed by atoms with Crippen molar-refractivity contribution in [3.05, 3.63) is 69.3 Å². The second-order valence-corrected chi connectivity index (χ2v) is 7.20. The first-order chi connectivity index (χ1) is 14.3. The molecule has 1 heterocycles. The van der Waals surface area contributed by atoms with Crippen LogP contribution in [0.25, 0.3) is 5.69 Å². The molecule has 1 aromatic heterocycles. The monoisotopic (exact) mass is 427 g/mol. The summed E-state index contributed by atoms with van der Waals surface area (Å²) in [5, 5.41) is 22.8. The molecule has 0 spiro atoms. The Morgan fingerprint density at radius 1 is 1.17 bits per heavy atom. The predicted molar refractivity (Wildman–Crippen MR) is 108 cm³/mol. The van der Waals surface area contributed by atoms with Gasteiger partial charge in [-0.05, 0) is 47.5 Å². The Bertz CT molecular complexity index is 1120. The summed E-state index contributed by atoms with van der Waals surface area (Å²) in [5.41, 5.74) is 7.15. The number of nitrogens with zero attached hydrogens (tertiary/aromatic N) is 5. The van der Waals surface area contributed by atoms with Crippen molar-refractivity contribution in [2.75, 3.05) is 5.75 Å². The van der Waals surface area contributed by atoms with E-state index in [9.17, 15) is 19.7 Å². The van der Waals surface area contributed by atoms with Gasteiger partial charge in [-0.1, -0.05) is 30.0 Å². The SMILES string of the molecule is Cc1ccc(C)c(-n2nnnc2SCC(=O)NNC(=O)c2cccc([N+](=O)[O-])c2)c1. The van der Waals surface area contributed by atoms with E-state index < -0.39 is 16.7 Å². The molecule has 154 valence electrons. The van der Waals surface area contributed by atoms with Crippen LogP contribution in [0.5, 0.6) is 0 Å². The Morgan fingerprint density at radius 3 is 2.73 bits per heavy atom. The van der Waals surface area contributed by atoms with Crippen molar-refractivity contribution in [3.63, 3.8) is 0 Å². The third-order valence-electron chi connectivity index (χ3n) is 4.00. The van der Waals surface area contributed by atoms with Gasteiger partial charge in [0.15, 0.2) is 0 Å². The van der Waals surface area contributed by atoms with Crippen LogP contribution in [0.15, 0.2) is 47.6 Å². The van der Waals surface area contributed by atoms with Crippen molar-refractivity contribution in [2.24, 2.45) is 0 Å². The van der Waals surface area contributed by atoms with Gasteiger partial charge in [0.1, 0.15) is 0 Å². The molecular weight excluding hydrogens is 410 g/mol. The summed E-state index contributed by atoms with van der Waals surface area (Å²) in [4.78, 5) is 34.3. The number of rotatable bonds is 6. The molecule has 2 aromatic carbocycles. The van der Waals surface area contributed by atoms with Gasteiger partial charge in [0.05, 0.1) is 16.4 Å². The van der Waals surface area contributed by atoms with Crippen molar-refractivity contribution >= 4 is 29.3 Å². The number of non-ortho nitro benzene ring substituents is 1. The third-order valence-corrected chi connectivity index (χ3v) is 4.92. The number of carbonyl (C=O) groups excluding carboxylic acids is 2. The fraction of sp³-hybridized carbons (Fsp3) is 0.167. The van der Waals surface area contributed by atoms with Gasteiger partial charge in [0, 0.05) is 17.7 Å². The van der Waals surface area contributed by atoms with E-state index in [0.29, 0.717) is 5.16 Å². The summed E-state index contributed by atoms with van der Waals surface area (Å²) in [6.07, 6.45) is 0. The first-order valence-electron chi connectivity index (χ1n) is 8.67. The molecule has 2 N–H and O–H groups in total. The molecule has 0 aliphatic heterocycles. The fourth-order valence-corrected chi connectivity index (χ4v) is 3.18. The number of aryl methyl sites for hydroxylation is 2. The molecule has 12 heteroatoms. The van der Waals surface area contributed by atoms with Gasteiger partial charge in [-0.25, -0.2) is 0 Å². The summed E-state index contributed by atoms with van der Waals surface area (Å²) < 4.78 is 1.54. The van der Waals surface area contributed by atoms with Crippen LogP contribution >= 0.6 is 11.8 Å². The molecular formula is C18H17N7O4S. The van der Waals surface area contributed by atoms with E-state index in [1.807, 2.05) is 32.0 Å². The maximum Gasteiger partial charge on any atom is 0.270 e. The second kappa shape index (κ2) is 9.13. The highest BCUT2D eigenvalue weighted by atomic mass is 32.2. The first-order valence-corrected chi connectivity index (χ1v) is 9.66. The molecule has 3 aromatic rings. The zero-order chi connectivity index (χ0) is 21.7. The highest BCUT2D eigenvalue weighted by Gasteiger charge is 2.15. The number of aromatic nitrogens is 4. The van der Waals surface area contributed by atoms with Crippen LogP contribution in [0.2, 0.25) is 0 Å². The molecule has 0 saturated carbocycles. The Labute approximate surface area is 175 Å². The summed E-state index contributed by atoms with van der Waals surface area (Å²) >= 11 is 1.10. The average Bonchev–Trinajstić information content (AvgIpc) is 3.20. The number of nitro groups is 1. The molecule has 0 atom stereocenters. The average molecular weight is 427 g/mol. The van der Waals surface area contributed by atoms with E-state index >= 15 is 0 Å². The summed E-state index contributed by atoms with van der Waals surface area (Å²) in [5.74, 6) is -1.22. The van der Waals surface area contributed by atoms with E-state index in [0.717, 1.165) is 34.6 Å². The number of nitrogens with one attached hydrogen (secondary N) is 2. The van der Waals surface area contributed by atoms with Gasteiger partial charge >= 0.3 is 0 Å². The highest BCUT2D eigenvalue weighted by molar-refractivity contribution is 7.99. The Morgan fingerprint density at radius 2 is 1.97 bits per heavy atom. The number of tetrazole rings is 1. The number of nitro benzene ring substituents is 1. The van der Waals surface area contributed by atoms with E-state index in [1.165, 1.54) is 18.2 Å². The van der Waals surface area contributed by atoms with Gasteiger partial charge in [-0.15, -0.1) is 5.10 Å².